The second kappa shape index (κ2) is 8.63. The Balaban J connectivity index is 1.71. The first-order valence-corrected chi connectivity index (χ1v) is 10.2. The van der Waals surface area contributed by atoms with Gasteiger partial charge in [-0.25, -0.2) is 4.79 Å². The summed E-state index contributed by atoms with van der Waals surface area (Å²) in [5.41, 5.74) is 0.647. The number of amides is 2. The molecule has 0 bridgehead atoms. The van der Waals surface area contributed by atoms with Crippen molar-refractivity contribution in [3.05, 3.63) is 35.0 Å². The number of carbonyl (C=O) groups is 2. The zero-order chi connectivity index (χ0) is 21.2. The topological polar surface area (TPSA) is 103 Å². The van der Waals surface area contributed by atoms with E-state index >= 15 is 0 Å². The second-order valence-corrected chi connectivity index (χ2v) is 9.05. The number of aromatic nitrogens is 1. The highest BCUT2D eigenvalue weighted by atomic mass is 35.5. The molecule has 2 amide bonds. The molecule has 4 N–H and O–H groups in total. The second-order valence-electron chi connectivity index (χ2n) is 8.61. The maximum atomic E-state index is 12.8. The molecule has 0 saturated heterocycles. The number of benzene rings is 1. The van der Waals surface area contributed by atoms with E-state index < -0.39 is 11.7 Å². The van der Waals surface area contributed by atoms with E-state index in [2.05, 4.69) is 15.6 Å². The van der Waals surface area contributed by atoms with Crippen molar-refractivity contribution in [2.45, 2.75) is 57.7 Å². The lowest BCUT2D eigenvalue weighted by molar-refractivity contribution is 0.0447. The molecule has 158 valence electrons. The van der Waals surface area contributed by atoms with Crippen LogP contribution in [0.3, 0.4) is 0 Å². The molecule has 0 spiro atoms. The average Bonchev–Trinajstić information content (AvgIpc) is 3.04. The molecule has 1 heterocycles. The van der Waals surface area contributed by atoms with E-state index in [4.69, 9.17) is 16.3 Å². The van der Waals surface area contributed by atoms with Crippen molar-refractivity contribution in [1.29, 1.82) is 0 Å². The maximum Gasteiger partial charge on any atom is 0.407 e. The van der Waals surface area contributed by atoms with Crippen LogP contribution in [0.25, 0.3) is 10.9 Å². The number of aromatic amines is 1. The van der Waals surface area contributed by atoms with Crippen LogP contribution in [0, 0.1) is 5.92 Å². The minimum Gasteiger partial charge on any atom is -0.444 e. The maximum absolute atomic E-state index is 12.8. The molecule has 7 nitrogen and oxygen atoms in total. The summed E-state index contributed by atoms with van der Waals surface area (Å²) in [6, 6.07) is 6.56. The van der Waals surface area contributed by atoms with Gasteiger partial charge in [-0.1, -0.05) is 11.6 Å². The van der Waals surface area contributed by atoms with Crippen molar-refractivity contribution in [2.75, 3.05) is 6.61 Å². The van der Waals surface area contributed by atoms with Gasteiger partial charge in [0.15, 0.2) is 0 Å². The van der Waals surface area contributed by atoms with Crippen LogP contribution in [0.5, 0.6) is 0 Å². The SMILES string of the molecule is CC(C)(C)OC(=O)N[C@H]1C[C@H](CO)CC[C@H]1NC(=O)c1cc2cc(Cl)ccc2[nH]1. The molecule has 1 aromatic heterocycles. The van der Waals surface area contributed by atoms with Gasteiger partial charge >= 0.3 is 6.09 Å². The lowest BCUT2D eigenvalue weighted by atomic mass is 9.82. The van der Waals surface area contributed by atoms with Crippen molar-refractivity contribution in [3.8, 4) is 0 Å². The van der Waals surface area contributed by atoms with Crippen molar-refractivity contribution in [1.82, 2.24) is 15.6 Å². The van der Waals surface area contributed by atoms with Crippen molar-refractivity contribution in [2.24, 2.45) is 5.92 Å². The molecule has 0 radical (unpaired) electrons. The van der Waals surface area contributed by atoms with Gasteiger partial charge in [-0.05, 0) is 70.2 Å². The molecule has 0 aliphatic heterocycles. The summed E-state index contributed by atoms with van der Waals surface area (Å²) < 4.78 is 5.35. The Morgan fingerprint density at radius 2 is 1.97 bits per heavy atom. The number of alkyl carbamates (subject to hydrolysis) is 1. The minimum absolute atomic E-state index is 0.0515. The van der Waals surface area contributed by atoms with Gasteiger partial charge in [0.25, 0.3) is 5.91 Å². The van der Waals surface area contributed by atoms with Gasteiger partial charge < -0.3 is 25.5 Å². The Hall–Kier alpha value is -2.25. The molecule has 8 heteroatoms. The number of aliphatic hydroxyl groups excluding tert-OH is 1. The van der Waals surface area contributed by atoms with Crippen molar-refractivity contribution >= 4 is 34.5 Å². The number of fused-ring (bicyclic) bond motifs is 1. The van der Waals surface area contributed by atoms with Gasteiger partial charge in [-0.3, -0.25) is 4.79 Å². The van der Waals surface area contributed by atoms with Crippen LogP contribution in [0.4, 0.5) is 4.79 Å². The fraction of sp³-hybridized carbons (Fsp3) is 0.524. The first kappa shape index (κ1) is 21.5. The van der Waals surface area contributed by atoms with Crippen LogP contribution in [0.1, 0.15) is 50.5 Å². The lowest BCUT2D eigenvalue weighted by Gasteiger charge is -2.36. The Labute approximate surface area is 175 Å². The normalized spacial score (nSPS) is 22.3. The summed E-state index contributed by atoms with van der Waals surface area (Å²) in [5.74, 6) is -0.168. The molecular formula is C21H28ClN3O4. The van der Waals surface area contributed by atoms with Gasteiger partial charge in [0.2, 0.25) is 0 Å². The summed E-state index contributed by atoms with van der Waals surface area (Å²) in [5, 5.41) is 16.9. The zero-order valence-electron chi connectivity index (χ0n) is 16.9. The van der Waals surface area contributed by atoms with Crippen LogP contribution in [-0.4, -0.2) is 46.4 Å². The highest BCUT2D eigenvalue weighted by Gasteiger charge is 2.33. The van der Waals surface area contributed by atoms with Crippen LogP contribution in [0.15, 0.2) is 24.3 Å². The van der Waals surface area contributed by atoms with Gasteiger partial charge in [0.1, 0.15) is 11.3 Å². The molecule has 1 saturated carbocycles. The average molecular weight is 422 g/mol. The third kappa shape index (κ3) is 5.64. The smallest absolute Gasteiger partial charge is 0.407 e. The monoisotopic (exact) mass is 421 g/mol. The fourth-order valence-electron chi connectivity index (χ4n) is 3.69. The summed E-state index contributed by atoms with van der Waals surface area (Å²) in [7, 11) is 0. The number of hydrogen-bond acceptors (Lipinski definition) is 4. The molecule has 29 heavy (non-hydrogen) atoms. The Morgan fingerprint density at radius 1 is 1.21 bits per heavy atom. The summed E-state index contributed by atoms with van der Waals surface area (Å²) >= 11 is 6.02. The van der Waals surface area contributed by atoms with Gasteiger partial charge in [0.05, 0.1) is 6.04 Å². The molecule has 3 atom stereocenters. The number of hydrogen-bond donors (Lipinski definition) is 4. The van der Waals surface area contributed by atoms with E-state index in [1.165, 1.54) is 0 Å². The van der Waals surface area contributed by atoms with Gasteiger partial charge in [-0.2, -0.15) is 0 Å². The van der Waals surface area contributed by atoms with E-state index in [9.17, 15) is 14.7 Å². The molecule has 0 unspecified atom stereocenters. The highest BCUT2D eigenvalue weighted by Crippen LogP contribution is 2.26. The van der Waals surface area contributed by atoms with E-state index in [1.54, 1.807) is 39.0 Å². The third-order valence-corrected chi connectivity index (χ3v) is 5.30. The number of nitrogens with one attached hydrogen (secondary N) is 3. The van der Waals surface area contributed by atoms with E-state index in [0.29, 0.717) is 23.6 Å². The molecule has 1 aliphatic carbocycles. The number of halogens is 1. The van der Waals surface area contributed by atoms with Crippen molar-refractivity contribution < 1.29 is 19.4 Å². The number of carbonyl (C=O) groups excluding carboxylic acids is 2. The zero-order valence-corrected chi connectivity index (χ0v) is 17.7. The molecule has 2 aromatic rings. The molecule has 3 rings (SSSR count). The number of ether oxygens (including phenoxy) is 1. The first-order chi connectivity index (χ1) is 13.6. The molecule has 1 aromatic carbocycles. The largest absolute Gasteiger partial charge is 0.444 e. The summed E-state index contributed by atoms with van der Waals surface area (Å²) in [6.07, 6.45) is 1.48. The van der Waals surface area contributed by atoms with Crippen LogP contribution in [-0.2, 0) is 4.74 Å². The van der Waals surface area contributed by atoms with E-state index in [0.717, 1.165) is 17.3 Å². The number of H-pyrrole nitrogens is 1. The van der Waals surface area contributed by atoms with Gasteiger partial charge in [0, 0.05) is 28.6 Å². The lowest BCUT2D eigenvalue weighted by Crippen LogP contribution is -2.55. The third-order valence-electron chi connectivity index (χ3n) is 5.06. The predicted molar refractivity (Wildman–Crippen MR) is 112 cm³/mol. The van der Waals surface area contributed by atoms with E-state index in [1.807, 2.05) is 6.07 Å². The van der Waals surface area contributed by atoms with E-state index in [-0.39, 0.29) is 30.5 Å². The number of rotatable bonds is 4. The predicted octanol–water partition coefficient (Wildman–Crippen LogP) is 3.61. The Bertz CT molecular complexity index is 890. The Kier molecular flexibility index (Phi) is 6.39. The highest BCUT2D eigenvalue weighted by molar-refractivity contribution is 6.31. The number of aliphatic hydroxyl groups is 1. The van der Waals surface area contributed by atoms with Crippen LogP contribution < -0.4 is 10.6 Å². The van der Waals surface area contributed by atoms with Crippen molar-refractivity contribution in [3.63, 3.8) is 0 Å². The molecule has 1 fully saturated rings. The molecule has 1 aliphatic rings. The minimum atomic E-state index is -0.612. The fourth-order valence-corrected chi connectivity index (χ4v) is 3.87. The standard InChI is InChI=1S/C21H28ClN3O4/c1-21(2,3)29-20(28)25-17-8-12(11-26)4-6-16(17)24-19(27)18-10-13-9-14(22)5-7-15(13)23-18/h5,7,9-10,12,16-17,23,26H,4,6,8,11H2,1-3H3,(H,24,27)(H,25,28)/t12-,16-,17+/m1/s1. The quantitative estimate of drug-likeness (QED) is 0.605. The summed E-state index contributed by atoms with van der Waals surface area (Å²) in [6.45, 7) is 5.44. The molecular weight excluding hydrogens is 394 g/mol. The van der Waals surface area contributed by atoms with Crippen LogP contribution in [0.2, 0.25) is 5.02 Å². The Morgan fingerprint density at radius 3 is 2.66 bits per heavy atom. The van der Waals surface area contributed by atoms with Gasteiger partial charge in [-0.15, -0.1) is 0 Å². The van der Waals surface area contributed by atoms with Crippen LogP contribution >= 0.6 is 11.6 Å². The summed E-state index contributed by atoms with van der Waals surface area (Å²) in [4.78, 5) is 28.2. The first-order valence-electron chi connectivity index (χ1n) is 9.84.